The Morgan fingerprint density at radius 1 is 1.44 bits per heavy atom. The van der Waals surface area contributed by atoms with Gasteiger partial charge in [0.05, 0.1) is 19.2 Å². The van der Waals surface area contributed by atoms with Crippen molar-refractivity contribution < 1.29 is 9.84 Å². The Morgan fingerprint density at radius 2 is 2.19 bits per heavy atom. The van der Waals surface area contributed by atoms with Crippen molar-refractivity contribution in [3.05, 3.63) is 29.5 Å². The van der Waals surface area contributed by atoms with Crippen molar-refractivity contribution in [1.29, 1.82) is 0 Å². The summed E-state index contributed by atoms with van der Waals surface area (Å²) in [6.45, 7) is 2.08. The summed E-state index contributed by atoms with van der Waals surface area (Å²) in [4.78, 5) is 0. The summed E-state index contributed by atoms with van der Waals surface area (Å²) in [5.41, 5.74) is 3.19. The monoisotopic (exact) mass is 237 g/mol. The summed E-state index contributed by atoms with van der Waals surface area (Å²) >= 11 is 1.64. The fraction of sp³-hybridized carbons (Fsp3) is 0.333. The number of hydrogen-bond acceptors (Lipinski definition) is 3. The Bertz CT molecular complexity index is 519. The van der Waals surface area contributed by atoms with Gasteiger partial charge < -0.3 is 9.84 Å². The molecule has 0 bridgehead atoms. The van der Waals surface area contributed by atoms with E-state index in [1.807, 2.05) is 31.4 Å². The van der Waals surface area contributed by atoms with Gasteiger partial charge in [0, 0.05) is 22.9 Å². The van der Waals surface area contributed by atoms with Gasteiger partial charge in [-0.25, -0.2) is 0 Å². The highest BCUT2D eigenvalue weighted by atomic mass is 32.2. The van der Waals surface area contributed by atoms with Crippen LogP contribution in [0.1, 0.15) is 11.3 Å². The fourth-order valence-corrected chi connectivity index (χ4v) is 2.73. The zero-order valence-electron chi connectivity index (χ0n) is 9.65. The minimum atomic E-state index is 0.0586. The van der Waals surface area contributed by atoms with Crippen LogP contribution in [0.25, 0.3) is 10.9 Å². The predicted molar refractivity (Wildman–Crippen MR) is 68.1 cm³/mol. The smallest absolute Gasteiger partial charge is 0.119 e. The molecule has 0 radical (unpaired) electrons. The highest BCUT2D eigenvalue weighted by molar-refractivity contribution is 7.97. The van der Waals surface area contributed by atoms with Gasteiger partial charge in [-0.2, -0.15) is 0 Å². The standard InChI is InChI=1S/C12H15NO2S/c1-8-11(7-14)10-6-9(15-2)4-5-12(10)13(8)16-3/h4-6,14H,7H2,1-3H3. The van der Waals surface area contributed by atoms with E-state index in [0.717, 1.165) is 27.9 Å². The molecule has 16 heavy (non-hydrogen) atoms. The van der Waals surface area contributed by atoms with Gasteiger partial charge in [0.1, 0.15) is 5.75 Å². The van der Waals surface area contributed by atoms with E-state index in [0.29, 0.717) is 0 Å². The average molecular weight is 237 g/mol. The molecule has 1 aromatic carbocycles. The lowest BCUT2D eigenvalue weighted by Gasteiger charge is -2.03. The minimum absolute atomic E-state index is 0.0586. The van der Waals surface area contributed by atoms with Gasteiger partial charge in [0.25, 0.3) is 0 Å². The fourth-order valence-electron chi connectivity index (χ4n) is 1.99. The first-order chi connectivity index (χ1) is 7.72. The number of aliphatic hydroxyl groups is 1. The molecule has 0 spiro atoms. The lowest BCUT2D eigenvalue weighted by molar-refractivity contribution is 0.282. The Hall–Kier alpha value is -1.13. The zero-order valence-corrected chi connectivity index (χ0v) is 10.5. The summed E-state index contributed by atoms with van der Waals surface area (Å²) in [5.74, 6) is 0.820. The van der Waals surface area contributed by atoms with Gasteiger partial charge >= 0.3 is 0 Å². The van der Waals surface area contributed by atoms with Gasteiger partial charge in [-0.1, -0.05) is 0 Å². The Balaban J connectivity index is 2.78. The van der Waals surface area contributed by atoms with E-state index in [1.54, 1.807) is 19.1 Å². The van der Waals surface area contributed by atoms with Crippen molar-refractivity contribution in [1.82, 2.24) is 3.97 Å². The number of aromatic nitrogens is 1. The van der Waals surface area contributed by atoms with Gasteiger partial charge in [0.15, 0.2) is 0 Å². The SMILES string of the molecule is COc1ccc2c(c1)c(CO)c(C)n2SC. The first-order valence-electron chi connectivity index (χ1n) is 5.06. The summed E-state index contributed by atoms with van der Waals surface area (Å²) in [7, 11) is 1.65. The molecule has 4 heteroatoms. The third-order valence-corrected chi connectivity index (χ3v) is 3.67. The van der Waals surface area contributed by atoms with E-state index in [1.165, 1.54) is 0 Å². The number of methoxy groups -OCH3 is 1. The highest BCUT2D eigenvalue weighted by Gasteiger charge is 2.13. The molecule has 1 aromatic heterocycles. The highest BCUT2D eigenvalue weighted by Crippen LogP contribution is 2.31. The first-order valence-corrected chi connectivity index (χ1v) is 6.24. The molecule has 1 N–H and O–H groups in total. The average Bonchev–Trinajstić information content (AvgIpc) is 2.59. The Labute approximate surface area is 99.2 Å². The lowest BCUT2D eigenvalue weighted by atomic mass is 10.1. The molecule has 3 nitrogen and oxygen atoms in total. The van der Waals surface area contributed by atoms with E-state index in [2.05, 4.69) is 3.97 Å². The van der Waals surface area contributed by atoms with Crippen molar-refractivity contribution >= 4 is 22.9 Å². The van der Waals surface area contributed by atoms with Gasteiger partial charge in [-0.05, 0) is 37.1 Å². The molecule has 0 aliphatic heterocycles. The van der Waals surface area contributed by atoms with E-state index in [9.17, 15) is 5.11 Å². The third-order valence-electron chi connectivity index (χ3n) is 2.83. The number of hydrogen-bond donors (Lipinski definition) is 1. The van der Waals surface area contributed by atoms with Crippen LogP contribution < -0.4 is 4.74 Å². The third kappa shape index (κ3) is 1.58. The molecule has 0 unspecified atom stereocenters. The van der Waals surface area contributed by atoms with Gasteiger partial charge in [-0.15, -0.1) is 0 Å². The second-order valence-electron chi connectivity index (χ2n) is 3.58. The molecule has 1 heterocycles. The maximum absolute atomic E-state index is 9.43. The van der Waals surface area contributed by atoms with Crippen molar-refractivity contribution in [2.24, 2.45) is 0 Å². The molecular formula is C12H15NO2S. The van der Waals surface area contributed by atoms with E-state index in [-0.39, 0.29) is 6.61 Å². The van der Waals surface area contributed by atoms with Crippen molar-refractivity contribution in [2.45, 2.75) is 13.5 Å². The van der Waals surface area contributed by atoms with Crippen LogP contribution in [0, 0.1) is 6.92 Å². The number of rotatable bonds is 3. The quantitative estimate of drug-likeness (QED) is 0.891. The Morgan fingerprint density at radius 3 is 2.75 bits per heavy atom. The molecule has 0 saturated carbocycles. The van der Waals surface area contributed by atoms with Crippen LogP contribution in [0.5, 0.6) is 5.75 Å². The molecule has 0 atom stereocenters. The maximum atomic E-state index is 9.43. The zero-order chi connectivity index (χ0) is 11.7. The summed E-state index contributed by atoms with van der Waals surface area (Å²) < 4.78 is 7.33. The number of nitrogens with zero attached hydrogens (tertiary/aromatic N) is 1. The van der Waals surface area contributed by atoms with Crippen LogP contribution in [0.2, 0.25) is 0 Å². The lowest BCUT2D eigenvalue weighted by Crippen LogP contribution is -1.90. The number of fused-ring (bicyclic) bond motifs is 1. The normalized spacial score (nSPS) is 11.0. The van der Waals surface area contributed by atoms with Crippen molar-refractivity contribution in [3.63, 3.8) is 0 Å². The van der Waals surface area contributed by atoms with Crippen LogP contribution >= 0.6 is 11.9 Å². The molecule has 86 valence electrons. The number of benzene rings is 1. The number of ether oxygens (including phenoxy) is 1. The molecular weight excluding hydrogens is 222 g/mol. The van der Waals surface area contributed by atoms with Crippen molar-refractivity contribution in [2.75, 3.05) is 13.4 Å². The first kappa shape index (κ1) is 11.4. The van der Waals surface area contributed by atoms with Crippen LogP contribution in [0.15, 0.2) is 18.2 Å². The second-order valence-corrected chi connectivity index (χ2v) is 4.31. The number of aliphatic hydroxyl groups excluding tert-OH is 1. The largest absolute Gasteiger partial charge is 0.497 e. The van der Waals surface area contributed by atoms with Crippen LogP contribution in [0.3, 0.4) is 0 Å². The molecule has 0 aliphatic carbocycles. The molecule has 0 fully saturated rings. The summed E-state index contributed by atoms with van der Waals surface area (Å²) in [5, 5.41) is 10.5. The van der Waals surface area contributed by atoms with Crippen LogP contribution in [0.4, 0.5) is 0 Å². The van der Waals surface area contributed by atoms with Gasteiger partial charge in [-0.3, -0.25) is 3.97 Å². The van der Waals surface area contributed by atoms with E-state index < -0.39 is 0 Å². The van der Waals surface area contributed by atoms with Crippen LogP contribution in [-0.4, -0.2) is 22.4 Å². The summed E-state index contributed by atoms with van der Waals surface area (Å²) in [6.07, 6.45) is 2.03. The summed E-state index contributed by atoms with van der Waals surface area (Å²) in [6, 6.07) is 5.94. The van der Waals surface area contributed by atoms with Gasteiger partial charge in [0.2, 0.25) is 0 Å². The topological polar surface area (TPSA) is 34.4 Å². The Kier molecular flexibility index (Phi) is 3.12. The molecule has 2 rings (SSSR count). The molecule has 0 saturated heterocycles. The van der Waals surface area contributed by atoms with E-state index >= 15 is 0 Å². The van der Waals surface area contributed by atoms with E-state index in [4.69, 9.17) is 4.74 Å². The molecule has 2 aromatic rings. The van der Waals surface area contributed by atoms with Crippen molar-refractivity contribution in [3.8, 4) is 5.75 Å². The second kappa shape index (κ2) is 4.39. The van der Waals surface area contributed by atoms with Crippen LogP contribution in [-0.2, 0) is 6.61 Å². The molecule has 0 aliphatic rings. The molecule has 0 amide bonds. The minimum Gasteiger partial charge on any atom is -0.497 e. The maximum Gasteiger partial charge on any atom is 0.119 e. The predicted octanol–water partition coefficient (Wildman–Crippen LogP) is 2.58.